The summed E-state index contributed by atoms with van der Waals surface area (Å²) in [5, 5.41) is 8.95. The van der Waals surface area contributed by atoms with Crippen molar-refractivity contribution >= 4 is 19.8 Å². The zero-order valence-corrected chi connectivity index (χ0v) is 45.0. The summed E-state index contributed by atoms with van der Waals surface area (Å²) >= 11 is 0. The molecule has 0 heterocycles. The van der Waals surface area contributed by atoms with Crippen LogP contribution in [0.1, 0.15) is 245 Å². The molecule has 0 aromatic carbocycles. The third-order valence-electron chi connectivity index (χ3n) is 12.0. The second kappa shape index (κ2) is 53.2. The lowest BCUT2D eigenvalue weighted by atomic mass is 10.0. The molecule has 0 saturated heterocycles. The van der Waals surface area contributed by atoms with Gasteiger partial charge in [-0.15, -0.1) is 0 Å². The van der Waals surface area contributed by atoms with Gasteiger partial charge in [-0.05, 0) is 64.2 Å². The third kappa shape index (κ3) is 53.1. The van der Waals surface area contributed by atoms with Gasteiger partial charge in [0.25, 0.3) is 0 Å². The average molecular weight is 990 g/mol. The van der Waals surface area contributed by atoms with Crippen molar-refractivity contribution in [1.29, 1.82) is 0 Å². The monoisotopic (exact) mass is 990 g/mol. The number of carbonyl (C=O) groups excluding carboxylic acids is 1. The van der Waals surface area contributed by atoms with E-state index in [-0.39, 0.29) is 13.0 Å². The van der Waals surface area contributed by atoms with Crippen molar-refractivity contribution in [2.45, 2.75) is 257 Å². The Morgan fingerprint density at radius 1 is 0.478 bits per heavy atom. The molecule has 4 N–H and O–H groups in total. The van der Waals surface area contributed by atoms with Gasteiger partial charge in [-0.25, -0.2) is 4.57 Å². The molecule has 10 nitrogen and oxygen atoms in total. The van der Waals surface area contributed by atoms with Gasteiger partial charge in [0, 0.05) is 13.0 Å². The highest BCUT2D eigenvalue weighted by atomic mass is 31.2. The van der Waals surface area contributed by atoms with E-state index in [9.17, 15) is 19.0 Å². The zero-order chi connectivity index (χ0) is 50.4. The van der Waals surface area contributed by atoms with Crippen LogP contribution in [-0.4, -0.2) is 60.5 Å². The number of hydrogen-bond acceptors (Lipinski definition) is 8. The summed E-state index contributed by atoms with van der Waals surface area (Å²) in [6, 6.07) is -1.48. The Labute approximate surface area is 423 Å². The minimum Gasteiger partial charge on any atom is -0.480 e. The van der Waals surface area contributed by atoms with Gasteiger partial charge in [-0.2, -0.15) is 0 Å². The van der Waals surface area contributed by atoms with Crippen molar-refractivity contribution in [1.82, 2.24) is 0 Å². The molecule has 0 saturated carbocycles. The molecule has 400 valence electrons. The van der Waals surface area contributed by atoms with Crippen LogP contribution < -0.4 is 5.73 Å². The van der Waals surface area contributed by atoms with Crippen LogP contribution in [0, 0.1) is 0 Å². The van der Waals surface area contributed by atoms with Crippen LogP contribution in [0.15, 0.2) is 72.9 Å². The van der Waals surface area contributed by atoms with Gasteiger partial charge in [-0.3, -0.25) is 18.6 Å². The summed E-state index contributed by atoms with van der Waals surface area (Å²) < 4.78 is 33.6. The number of phosphoric acid groups is 1. The van der Waals surface area contributed by atoms with Gasteiger partial charge in [0.05, 0.1) is 19.8 Å². The molecule has 0 aliphatic carbocycles. The number of nitrogens with two attached hydrogens (primary N) is 1. The van der Waals surface area contributed by atoms with Crippen molar-refractivity contribution in [2.75, 3.05) is 26.4 Å². The standard InChI is InChI=1S/C58H104NO9P/c1-3-5-7-9-11-13-15-17-19-21-23-25-27-29-31-33-35-37-39-41-43-45-47-49-51-65-52-55(53-66-69(63,64)67-54-56(59)58(61)62)68-57(60)50-48-46-44-42-40-38-36-34-32-30-28-26-24-22-20-18-16-14-12-10-8-6-4-2/h5,7,11,13,17,19,23,25,29,31,35,37,55-56H,3-4,6,8-10,12,14-16,18,20-22,24,26-28,30,32-34,36,38-54,59H2,1-2H3,(H,61,62)(H,63,64)/b7-5-,13-11-,19-17-,25-23-,31-29-,37-35-. The second-order valence-electron chi connectivity index (χ2n) is 18.7. The third-order valence-corrected chi connectivity index (χ3v) is 13.0. The van der Waals surface area contributed by atoms with Crippen LogP contribution in [0.3, 0.4) is 0 Å². The highest BCUT2D eigenvalue weighted by molar-refractivity contribution is 7.47. The van der Waals surface area contributed by atoms with E-state index in [1.54, 1.807) is 0 Å². The first-order valence-corrected chi connectivity index (χ1v) is 29.5. The topological polar surface area (TPSA) is 155 Å². The molecule has 69 heavy (non-hydrogen) atoms. The van der Waals surface area contributed by atoms with Crippen LogP contribution in [0.4, 0.5) is 0 Å². The Morgan fingerprint density at radius 2 is 0.841 bits per heavy atom. The highest BCUT2D eigenvalue weighted by Crippen LogP contribution is 2.43. The summed E-state index contributed by atoms with van der Waals surface area (Å²) in [7, 11) is -4.63. The van der Waals surface area contributed by atoms with Crippen molar-refractivity contribution < 1.29 is 42.7 Å². The average Bonchev–Trinajstić information content (AvgIpc) is 3.33. The Kier molecular flexibility index (Phi) is 51.2. The molecule has 11 heteroatoms. The molecule has 0 aliphatic rings. The molecule has 0 fully saturated rings. The van der Waals surface area contributed by atoms with Crippen molar-refractivity contribution in [3.63, 3.8) is 0 Å². The number of phosphoric ester groups is 1. The Hall–Kier alpha value is -2.59. The number of carbonyl (C=O) groups is 2. The molecule has 3 atom stereocenters. The first-order chi connectivity index (χ1) is 33.7. The van der Waals surface area contributed by atoms with E-state index in [4.69, 9.17) is 29.4 Å². The highest BCUT2D eigenvalue weighted by Gasteiger charge is 2.27. The van der Waals surface area contributed by atoms with E-state index < -0.39 is 45.1 Å². The minimum absolute atomic E-state index is 0.00244. The number of unbranched alkanes of at least 4 members (excludes halogenated alkanes) is 27. The fourth-order valence-corrected chi connectivity index (χ4v) is 8.51. The minimum atomic E-state index is -4.63. The van der Waals surface area contributed by atoms with Gasteiger partial charge in [0.2, 0.25) is 0 Å². The van der Waals surface area contributed by atoms with Gasteiger partial charge in [0.1, 0.15) is 12.1 Å². The van der Waals surface area contributed by atoms with Gasteiger partial charge in [-0.1, -0.05) is 247 Å². The smallest absolute Gasteiger partial charge is 0.472 e. The van der Waals surface area contributed by atoms with E-state index >= 15 is 0 Å². The molecule has 0 rings (SSSR count). The molecular weight excluding hydrogens is 886 g/mol. The number of allylic oxidation sites excluding steroid dienone is 12. The van der Waals surface area contributed by atoms with Gasteiger partial charge in [0.15, 0.2) is 0 Å². The van der Waals surface area contributed by atoms with Crippen LogP contribution in [-0.2, 0) is 32.7 Å². The number of hydrogen-bond donors (Lipinski definition) is 3. The number of aliphatic carboxylic acids is 1. The summed E-state index contributed by atoms with van der Waals surface area (Å²) in [6.45, 7) is 3.76. The quantitative estimate of drug-likeness (QED) is 0.0232. The second-order valence-corrected chi connectivity index (χ2v) is 20.1. The summed E-state index contributed by atoms with van der Waals surface area (Å²) in [6.07, 6.45) is 68.3. The Balaban J connectivity index is 4.14. The maximum Gasteiger partial charge on any atom is 0.472 e. The lowest BCUT2D eigenvalue weighted by molar-refractivity contribution is -0.154. The molecular formula is C58H104NO9P. The fourth-order valence-electron chi connectivity index (χ4n) is 7.73. The molecule has 0 spiro atoms. The van der Waals surface area contributed by atoms with E-state index in [2.05, 4.69) is 86.8 Å². The summed E-state index contributed by atoms with van der Waals surface area (Å²) in [5.41, 5.74) is 5.38. The van der Waals surface area contributed by atoms with Gasteiger partial charge < -0.3 is 25.2 Å². The number of esters is 1. The molecule has 3 unspecified atom stereocenters. The first-order valence-electron chi connectivity index (χ1n) is 28.0. The van der Waals surface area contributed by atoms with E-state index in [0.29, 0.717) is 13.0 Å². The Bertz CT molecular complexity index is 1380. The lowest BCUT2D eigenvalue weighted by Crippen LogP contribution is -2.34. The molecule has 0 aromatic heterocycles. The van der Waals surface area contributed by atoms with Crippen LogP contribution in [0.2, 0.25) is 0 Å². The van der Waals surface area contributed by atoms with E-state index in [0.717, 1.165) is 89.9 Å². The predicted molar refractivity (Wildman–Crippen MR) is 290 cm³/mol. The van der Waals surface area contributed by atoms with E-state index in [1.807, 2.05) is 0 Å². The number of ether oxygens (including phenoxy) is 2. The van der Waals surface area contributed by atoms with Crippen LogP contribution >= 0.6 is 7.82 Å². The normalized spacial score (nSPS) is 14.1. The lowest BCUT2D eigenvalue weighted by Gasteiger charge is -2.20. The largest absolute Gasteiger partial charge is 0.480 e. The fraction of sp³-hybridized carbons (Fsp3) is 0.759. The zero-order valence-electron chi connectivity index (χ0n) is 44.1. The van der Waals surface area contributed by atoms with Crippen LogP contribution in [0.5, 0.6) is 0 Å². The summed E-state index contributed by atoms with van der Waals surface area (Å²) in [4.78, 5) is 33.8. The van der Waals surface area contributed by atoms with Gasteiger partial charge >= 0.3 is 19.8 Å². The van der Waals surface area contributed by atoms with Crippen molar-refractivity contribution in [2.24, 2.45) is 5.73 Å². The number of carboxylic acids is 1. The van der Waals surface area contributed by atoms with E-state index in [1.165, 1.54) is 128 Å². The maximum atomic E-state index is 12.7. The molecule has 0 amide bonds. The maximum absolute atomic E-state index is 12.7. The predicted octanol–water partition coefficient (Wildman–Crippen LogP) is 16.9. The summed E-state index contributed by atoms with van der Waals surface area (Å²) in [5.74, 6) is -1.78. The molecule has 0 aliphatic heterocycles. The Morgan fingerprint density at radius 3 is 1.26 bits per heavy atom. The number of rotatable bonds is 53. The molecule has 0 bridgehead atoms. The first kappa shape index (κ1) is 66.4. The van der Waals surface area contributed by atoms with Crippen LogP contribution in [0.25, 0.3) is 0 Å². The SMILES string of the molecule is CC/C=C\C/C=C\C/C=C\C/C=C\C/C=C\C/C=C\CCCCCCCOCC(COP(=O)(O)OCC(N)C(=O)O)OC(=O)CCCCCCCCCCCCCCCCCCCCCCCCC. The molecule has 0 aromatic rings. The van der Waals surface area contributed by atoms with Crippen molar-refractivity contribution in [3.05, 3.63) is 72.9 Å². The molecule has 0 radical (unpaired) electrons. The van der Waals surface area contributed by atoms with Crippen molar-refractivity contribution in [3.8, 4) is 0 Å². The number of carboxylic acid groups (broad SMARTS) is 1.